The summed E-state index contributed by atoms with van der Waals surface area (Å²) in [5, 5.41) is 6.17. The molecular weight excluding hydrogens is 352 g/mol. The van der Waals surface area contributed by atoms with E-state index in [4.69, 9.17) is 0 Å². The van der Waals surface area contributed by atoms with E-state index in [1.54, 1.807) is 0 Å². The second-order valence-corrected chi connectivity index (χ2v) is 9.11. The minimum absolute atomic E-state index is 0.0182. The Bertz CT molecular complexity index is 701. The van der Waals surface area contributed by atoms with Gasteiger partial charge in [-0.15, -0.1) is 0 Å². The first kappa shape index (κ1) is 20.8. The highest BCUT2D eigenvalue weighted by atomic mass is 16.2. The number of piperazine rings is 1. The first-order valence-electron chi connectivity index (χ1n) is 10.4. The Labute approximate surface area is 168 Å². The molecule has 2 amide bonds. The van der Waals surface area contributed by atoms with Crippen molar-refractivity contribution in [2.24, 2.45) is 0 Å². The van der Waals surface area contributed by atoms with Crippen LogP contribution >= 0.6 is 0 Å². The van der Waals surface area contributed by atoms with Gasteiger partial charge >= 0.3 is 0 Å². The molecule has 3 rings (SSSR count). The van der Waals surface area contributed by atoms with Gasteiger partial charge in [0.15, 0.2) is 0 Å². The molecule has 1 aromatic carbocycles. The molecule has 0 bridgehead atoms. The Morgan fingerprint density at radius 2 is 1.75 bits per heavy atom. The molecule has 6 nitrogen and oxygen atoms in total. The number of para-hydroxylation sites is 1. The maximum absolute atomic E-state index is 12.6. The maximum atomic E-state index is 12.6. The fourth-order valence-corrected chi connectivity index (χ4v) is 3.66. The zero-order chi connectivity index (χ0) is 20.3. The molecule has 2 N–H and O–H groups in total. The highest BCUT2D eigenvalue weighted by molar-refractivity contribution is 5.93. The van der Waals surface area contributed by atoms with Crippen molar-refractivity contribution in [3.05, 3.63) is 29.8 Å². The molecule has 154 valence electrons. The molecule has 6 heteroatoms. The summed E-state index contributed by atoms with van der Waals surface area (Å²) in [6.07, 6.45) is 2.22. The van der Waals surface area contributed by atoms with E-state index < -0.39 is 0 Å². The van der Waals surface area contributed by atoms with Gasteiger partial charge in [0, 0.05) is 37.9 Å². The van der Waals surface area contributed by atoms with Crippen LogP contribution in [0, 0.1) is 0 Å². The summed E-state index contributed by atoms with van der Waals surface area (Å²) in [6.45, 7) is 12.0. The predicted octanol–water partition coefficient (Wildman–Crippen LogP) is 2.21. The van der Waals surface area contributed by atoms with Crippen LogP contribution in [-0.2, 0) is 15.0 Å². The maximum Gasteiger partial charge on any atom is 0.238 e. The summed E-state index contributed by atoms with van der Waals surface area (Å²) >= 11 is 0. The standard InChI is InChI=1S/C22H34N4O2/c1-16(21(28)23-17-9-10-17)26-13-11-25(12-14-26)15-20(27)24-19-8-6-5-7-18(19)22(2,3)4/h5-8,16-17H,9-15H2,1-4H3,(H,23,28)(H,24,27). The van der Waals surface area contributed by atoms with Gasteiger partial charge in [-0.3, -0.25) is 19.4 Å². The number of hydrogen-bond acceptors (Lipinski definition) is 4. The van der Waals surface area contributed by atoms with E-state index in [2.05, 4.69) is 47.3 Å². The minimum atomic E-state index is -0.102. The average Bonchev–Trinajstić information content (AvgIpc) is 3.45. The average molecular weight is 387 g/mol. The van der Waals surface area contributed by atoms with Crippen LogP contribution in [0.1, 0.15) is 46.1 Å². The Balaban J connectivity index is 1.47. The van der Waals surface area contributed by atoms with Gasteiger partial charge in [0.2, 0.25) is 11.8 Å². The molecule has 1 saturated carbocycles. The molecule has 1 heterocycles. The van der Waals surface area contributed by atoms with Gasteiger partial charge in [0.25, 0.3) is 0 Å². The summed E-state index contributed by atoms with van der Waals surface area (Å²) < 4.78 is 0. The molecule has 1 aromatic rings. The van der Waals surface area contributed by atoms with Crippen LogP contribution in [0.4, 0.5) is 5.69 Å². The number of rotatable bonds is 6. The van der Waals surface area contributed by atoms with Gasteiger partial charge in [0.05, 0.1) is 12.6 Å². The number of hydrogen-bond donors (Lipinski definition) is 2. The fourth-order valence-electron chi connectivity index (χ4n) is 3.66. The summed E-state index contributed by atoms with van der Waals surface area (Å²) in [7, 11) is 0. The highest BCUT2D eigenvalue weighted by Gasteiger charge is 2.30. The van der Waals surface area contributed by atoms with Gasteiger partial charge in [-0.1, -0.05) is 39.0 Å². The molecule has 1 aliphatic carbocycles. The third-order valence-corrected chi connectivity index (χ3v) is 5.63. The van der Waals surface area contributed by atoms with Crippen LogP contribution in [0.5, 0.6) is 0 Å². The van der Waals surface area contributed by atoms with Gasteiger partial charge in [-0.25, -0.2) is 0 Å². The van der Waals surface area contributed by atoms with Crippen LogP contribution in [-0.4, -0.2) is 66.4 Å². The Morgan fingerprint density at radius 1 is 1.11 bits per heavy atom. The Morgan fingerprint density at radius 3 is 2.36 bits per heavy atom. The number of nitrogens with zero attached hydrogens (tertiary/aromatic N) is 2. The highest BCUT2D eigenvalue weighted by Crippen LogP contribution is 2.29. The number of carbonyl (C=O) groups is 2. The van der Waals surface area contributed by atoms with Crippen molar-refractivity contribution in [1.82, 2.24) is 15.1 Å². The number of carbonyl (C=O) groups excluding carboxylic acids is 2. The van der Waals surface area contributed by atoms with Crippen molar-refractivity contribution >= 4 is 17.5 Å². The molecule has 0 aromatic heterocycles. The first-order valence-corrected chi connectivity index (χ1v) is 10.4. The summed E-state index contributed by atoms with van der Waals surface area (Å²) in [5.41, 5.74) is 2.01. The van der Waals surface area contributed by atoms with Crippen molar-refractivity contribution < 1.29 is 9.59 Å². The lowest BCUT2D eigenvalue weighted by Gasteiger charge is -2.37. The number of amides is 2. The topological polar surface area (TPSA) is 64.7 Å². The lowest BCUT2D eigenvalue weighted by Crippen LogP contribution is -2.55. The van der Waals surface area contributed by atoms with E-state index in [0.29, 0.717) is 12.6 Å². The Hall–Kier alpha value is -1.92. The van der Waals surface area contributed by atoms with E-state index in [9.17, 15) is 9.59 Å². The lowest BCUT2D eigenvalue weighted by molar-refractivity contribution is -0.127. The number of benzene rings is 1. The van der Waals surface area contributed by atoms with Crippen LogP contribution in [0.2, 0.25) is 0 Å². The Kier molecular flexibility index (Phi) is 6.40. The van der Waals surface area contributed by atoms with Gasteiger partial charge in [0.1, 0.15) is 0 Å². The van der Waals surface area contributed by atoms with E-state index in [1.165, 1.54) is 0 Å². The lowest BCUT2D eigenvalue weighted by atomic mass is 9.86. The minimum Gasteiger partial charge on any atom is -0.352 e. The molecule has 1 unspecified atom stereocenters. The molecule has 2 aliphatic rings. The van der Waals surface area contributed by atoms with Crippen molar-refractivity contribution in [2.75, 3.05) is 38.0 Å². The van der Waals surface area contributed by atoms with Crippen molar-refractivity contribution in [1.29, 1.82) is 0 Å². The number of nitrogens with one attached hydrogen (secondary N) is 2. The molecule has 2 fully saturated rings. The van der Waals surface area contributed by atoms with Crippen LogP contribution in [0.25, 0.3) is 0 Å². The first-order chi connectivity index (χ1) is 13.2. The smallest absolute Gasteiger partial charge is 0.238 e. The molecule has 1 aliphatic heterocycles. The van der Waals surface area contributed by atoms with Gasteiger partial charge in [-0.05, 0) is 36.8 Å². The second kappa shape index (κ2) is 8.62. The van der Waals surface area contributed by atoms with Crippen LogP contribution in [0.15, 0.2) is 24.3 Å². The monoisotopic (exact) mass is 386 g/mol. The molecule has 1 atom stereocenters. The van der Waals surface area contributed by atoms with E-state index >= 15 is 0 Å². The van der Waals surface area contributed by atoms with Gasteiger partial charge < -0.3 is 10.6 Å². The predicted molar refractivity (Wildman–Crippen MR) is 112 cm³/mol. The molecule has 0 spiro atoms. The van der Waals surface area contributed by atoms with Crippen molar-refractivity contribution in [3.63, 3.8) is 0 Å². The third-order valence-electron chi connectivity index (χ3n) is 5.63. The molecule has 28 heavy (non-hydrogen) atoms. The zero-order valence-electron chi connectivity index (χ0n) is 17.6. The molecule has 0 radical (unpaired) electrons. The summed E-state index contributed by atoms with van der Waals surface area (Å²) in [5.74, 6) is 0.150. The van der Waals surface area contributed by atoms with Crippen LogP contribution in [0.3, 0.4) is 0 Å². The SMILES string of the molecule is CC(C(=O)NC1CC1)N1CCN(CC(=O)Nc2ccccc2C(C)(C)C)CC1. The second-order valence-electron chi connectivity index (χ2n) is 9.11. The van der Waals surface area contributed by atoms with E-state index in [0.717, 1.165) is 50.3 Å². The van der Waals surface area contributed by atoms with E-state index in [-0.39, 0.29) is 23.3 Å². The molecular formula is C22H34N4O2. The largest absolute Gasteiger partial charge is 0.352 e. The summed E-state index contributed by atoms with van der Waals surface area (Å²) in [4.78, 5) is 29.2. The summed E-state index contributed by atoms with van der Waals surface area (Å²) in [6, 6.07) is 8.30. The third kappa shape index (κ3) is 5.55. The fraction of sp³-hybridized carbons (Fsp3) is 0.636. The number of anilines is 1. The van der Waals surface area contributed by atoms with Crippen molar-refractivity contribution in [3.8, 4) is 0 Å². The normalized spacial score (nSPS) is 19.9. The quantitative estimate of drug-likeness (QED) is 0.787. The van der Waals surface area contributed by atoms with Crippen LogP contribution < -0.4 is 10.6 Å². The zero-order valence-corrected chi connectivity index (χ0v) is 17.6. The van der Waals surface area contributed by atoms with Gasteiger partial charge in [-0.2, -0.15) is 0 Å². The van der Waals surface area contributed by atoms with E-state index in [1.807, 2.05) is 25.1 Å². The molecule has 1 saturated heterocycles. The van der Waals surface area contributed by atoms with Crippen molar-refractivity contribution in [2.45, 2.75) is 58.0 Å².